The van der Waals surface area contributed by atoms with Crippen LogP contribution in [0.1, 0.15) is 51.9 Å². The number of carbonyl (C=O) groups is 3. The average Bonchev–Trinajstić information content (AvgIpc) is 3.12. The number of nitrogens with zero attached hydrogens (tertiary/aromatic N) is 1. The molecule has 2 saturated carbocycles. The van der Waals surface area contributed by atoms with Crippen LogP contribution in [0, 0.1) is 5.41 Å². The first-order chi connectivity index (χ1) is 12.4. The van der Waals surface area contributed by atoms with Gasteiger partial charge in [-0.25, -0.2) is 9.59 Å². The summed E-state index contributed by atoms with van der Waals surface area (Å²) < 4.78 is 5.66. The molecule has 26 heavy (non-hydrogen) atoms. The van der Waals surface area contributed by atoms with Crippen molar-refractivity contribution in [2.24, 2.45) is 5.41 Å². The Kier molecular flexibility index (Phi) is 4.33. The third-order valence-corrected chi connectivity index (χ3v) is 6.63. The molecule has 4 fully saturated rings. The highest BCUT2D eigenvalue weighted by Gasteiger charge is 2.51. The molecule has 2 aliphatic heterocycles. The van der Waals surface area contributed by atoms with Crippen LogP contribution in [-0.4, -0.2) is 60.3 Å². The zero-order valence-corrected chi connectivity index (χ0v) is 15.3. The van der Waals surface area contributed by atoms with Gasteiger partial charge >= 0.3 is 12.1 Å². The predicted octanol–water partition coefficient (Wildman–Crippen LogP) is 1.11. The molecule has 3 N–H and O–H groups in total. The quantitative estimate of drug-likeness (QED) is 0.653. The minimum Gasteiger partial charge on any atom is -0.378 e. The van der Waals surface area contributed by atoms with Crippen molar-refractivity contribution < 1.29 is 19.1 Å². The molecule has 2 saturated heterocycles. The van der Waals surface area contributed by atoms with Gasteiger partial charge < -0.3 is 20.3 Å². The number of urea groups is 2. The summed E-state index contributed by atoms with van der Waals surface area (Å²) in [5, 5.41) is 8.20. The number of carbonyl (C=O) groups excluding carboxylic acids is 3. The third kappa shape index (κ3) is 3.04. The van der Waals surface area contributed by atoms with Gasteiger partial charge in [0.05, 0.1) is 6.10 Å². The zero-order chi connectivity index (χ0) is 18.4. The molecule has 0 aromatic heterocycles. The molecule has 0 radical (unpaired) electrons. The maximum Gasteiger partial charge on any atom is 0.322 e. The Morgan fingerprint density at radius 1 is 1.27 bits per heavy atom. The fourth-order valence-corrected chi connectivity index (χ4v) is 5.10. The molecule has 144 valence electrons. The minimum atomic E-state index is -0.768. The smallest absolute Gasteiger partial charge is 0.322 e. The van der Waals surface area contributed by atoms with Crippen LogP contribution in [0.3, 0.4) is 0 Å². The lowest BCUT2D eigenvalue weighted by Crippen LogP contribution is -2.54. The Bertz CT molecular complexity index is 608. The van der Waals surface area contributed by atoms with E-state index in [1.165, 1.54) is 0 Å². The summed E-state index contributed by atoms with van der Waals surface area (Å²) in [7, 11) is 0. The Balaban J connectivity index is 1.24. The standard InChI is InChI=1S/C18H28N4O4/c1-2-26-13-9-17(10-13)7-8-22(11-17)16(25)19-12-3-5-18(6-4-12)14(23)20-15(24)21-18/h12-13H,2-11H2,1H3,(H,19,25)(H2,20,21,23,24). The normalized spacial score (nSPS) is 39.0. The SMILES string of the molecule is CCOC1CC2(CCN(C(=O)NC3CCC4(CC3)NC(=O)NC4=O)C2)C1. The van der Waals surface area contributed by atoms with E-state index in [0.717, 1.165) is 39.0 Å². The second kappa shape index (κ2) is 6.40. The number of hydrogen-bond donors (Lipinski definition) is 3. The average molecular weight is 364 g/mol. The first-order valence-corrected chi connectivity index (χ1v) is 9.74. The van der Waals surface area contributed by atoms with E-state index in [9.17, 15) is 14.4 Å². The highest BCUT2D eigenvalue weighted by Crippen LogP contribution is 2.49. The number of ether oxygens (including phenoxy) is 1. The van der Waals surface area contributed by atoms with E-state index in [1.54, 1.807) is 0 Å². The lowest BCUT2D eigenvalue weighted by Gasteiger charge is -2.44. The van der Waals surface area contributed by atoms with Crippen LogP contribution >= 0.6 is 0 Å². The van der Waals surface area contributed by atoms with Gasteiger partial charge in [0.2, 0.25) is 0 Å². The summed E-state index contributed by atoms with van der Waals surface area (Å²) >= 11 is 0. The van der Waals surface area contributed by atoms with Crippen LogP contribution in [0.4, 0.5) is 9.59 Å². The molecule has 4 aliphatic rings. The Morgan fingerprint density at radius 2 is 2.00 bits per heavy atom. The summed E-state index contributed by atoms with van der Waals surface area (Å²) in [6.45, 7) is 4.40. The molecule has 2 heterocycles. The third-order valence-electron chi connectivity index (χ3n) is 6.63. The number of likely N-dealkylation sites (tertiary alicyclic amines) is 1. The van der Waals surface area contributed by atoms with Gasteiger partial charge in [0, 0.05) is 25.7 Å². The maximum absolute atomic E-state index is 12.6. The number of rotatable bonds is 3. The molecule has 4 rings (SSSR count). The van der Waals surface area contributed by atoms with E-state index >= 15 is 0 Å². The molecular formula is C18H28N4O4. The van der Waals surface area contributed by atoms with Crippen LogP contribution in [0.5, 0.6) is 0 Å². The van der Waals surface area contributed by atoms with Crippen molar-refractivity contribution >= 4 is 18.0 Å². The van der Waals surface area contributed by atoms with Crippen LogP contribution in [0.2, 0.25) is 0 Å². The van der Waals surface area contributed by atoms with Crippen LogP contribution < -0.4 is 16.0 Å². The highest BCUT2D eigenvalue weighted by molar-refractivity contribution is 6.07. The molecule has 2 aliphatic carbocycles. The first-order valence-electron chi connectivity index (χ1n) is 9.74. The monoisotopic (exact) mass is 364 g/mol. The minimum absolute atomic E-state index is 0.00240. The van der Waals surface area contributed by atoms with E-state index in [1.807, 2.05) is 11.8 Å². The molecule has 8 nitrogen and oxygen atoms in total. The van der Waals surface area contributed by atoms with Gasteiger partial charge in [-0.15, -0.1) is 0 Å². The Hall–Kier alpha value is -1.83. The van der Waals surface area contributed by atoms with Crippen LogP contribution in [0.15, 0.2) is 0 Å². The Morgan fingerprint density at radius 3 is 2.62 bits per heavy atom. The fraction of sp³-hybridized carbons (Fsp3) is 0.833. The van der Waals surface area contributed by atoms with Crippen molar-refractivity contribution in [2.75, 3.05) is 19.7 Å². The number of hydrogen-bond acceptors (Lipinski definition) is 4. The summed E-state index contributed by atoms with van der Waals surface area (Å²) in [5.74, 6) is -0.234. The van der Waals surface area contributed by atoms with Gasteiger partial charge in [-0.1, -0.05) is 0 Å². The molecule has 0 aromatic carbocycles. The largest absolute Gasteiger partial charge is 0.378 e. The maximum atomic E-state index is 12.6. The number of amides is 5. The molecular weight excluding hydrogens is 336 g/mol. The molecule has 8 heteroatoms. The molecule has 5 amide bonds. The van der Waals surface area contributed by atoms with Gasteiger partial charge in [0.1, 0.15) is 5.54 Å². The lowest BCUT2D eigenvalue weighted by atomic mass is 9.66. The van der Waals surface area contributed by atoms with Crippen LogP contribution in [-0.2, 0) is 9.53 Å². The van der Waals surface area contributed by atoms with Crippen LogP contribution in [0.25, 0.3) is 0 Å². The van der Waals surface area contributed by atoms with Gasteiger partial charge in [0.15, 0.2) is 0 Å². The lowest BCUT2D eigenvalue weighted by molar-refractivity contribution is -0.125. The Labute approximate surface area is 153 Å². The van der Waals surface area contributed by atoms with Gasteiger partial charge in [-0.05, 0) is 57.3 Å². The number of nitrogens with one attached hydrogen (secondary N) is 3. The topological polar surface area (TPSA) is 99.8 Å². The fourth-order valence-electron chi connectivity index (χ4n) is 5.10. The van der Waals surface area contributed by atoms with Crippen molar-refractivity contribution in [3.05, 3.63) is 0 Å². The van der Waals surface area contributed by atoms with Gasteiger partial charge in [-0.3, -0.25) is 10.1 Å². The number of imide groups is 1. The molecule has 0 atom stereocenters. The summed E-state index contributed by atoms with van der Waals surface area (Å²) in [4.78, 5) is 37.9. The van der Waals surface area contributed by atoms with Crippen molar-refractivity contribution in [1.29, 1.82) is 0 Å². The molecule has 2 spiro atoms. The van der Waals surface area contributed by atoms with E-state index in [0.29, 0.717) is 31.8 Å². The van der Waals surface area contributed by atoms with Crippen molar-refractivity contribution in [2.45, 2.75) is 69.6 Å². The van der Waals surface area contributed by atoms with Crippen molar-refractivity contribution in [1.82, 2.24) is 20.9 Å². The summed E-state index contributed by atoms with van der Waals surface area (Å²) in [6, 6.07) is -0.346. The van der Waals surface area contributed by atoms with E-state index < -0.39 is 11.6 Å². The second-order valence-corrected chi connectivity index (χ2v) is 8.37. The van der Waals surface area contributed by atoms with Gasteiger partial charge in [0.25, 0.3) is 5.91 Å². The molecule has 0 aromatic rings. The molecule has 0 unspecified atom stereocenters. The predicted molar refractivity (Wildman–Crippen MR) is 93.5 cm³/mol. The van der Waals surface area contributed by atoms with E-state index in [4.69, 9.17) is 4.74 Å². The van der Waals surface area contributed by atoms with Gasteiger partial charge in [-0.2, -0.15) is 0 Å². The van der Waals surface area contributed by atoms with E-state index in [-0.39, 0.29) is 23.4 Å². The second-order valence-electron chi connectivity index (χ2n) is 8.37. The van der Waals surface area contributed by atoms with Crippen molar-refractivity contribution in [3.8, 4) is 0 Å². The molecule has 0 bridgehead atoms. The zero-order valence-electron chi connectivity index (χ0n) is 15.3. The van der Waals surface area contributed by atoms with Crippen molar-refractivity contribution in [3.63, 3.8) is 0 Å². The summed E-state index contributed by atoms with van der Waals surface area (Å²) in [6.07, 6.45) is 6.08. The highest BCUT2D eigenvalue weighted by atomic mass is 16.5. The van der Waals surface area contributed by atoms with E-state index in [2.05, 4.69) is 16.0 Å². The summed E-state index contributed by atoms with van der Waals surface area (Å²) in [5.41, 5.74) is -0.504. The first kappa shape index (κ1) is 17.6.